The lowest BCUT2D eigenvalue weighted by Gasteiger charge is -2.41. The van der Waals surface area contributed by atoms with Crippen LogP contribution >= 0.6 is 0 Å². The number of piperidine rings is 1. The minimum atomic E-state index is -3.47. The number of aromatic nitrogens is 3. The number of carbonyl (C=O) groups is 1. The summed E-state index contributed by atoms with van der Waals surface area (Å²) in [7, 11) is -0.397. The number of amides is 1. The van der Waals surface area contributed by atoms with Crippen LogP contribution < -0.4 is 0 Å². The minimum absolute atomic E-state index is 0.00181. The molecule has 2 saturated heterocycles. The summed E-state index contributed by atoms with van der Waals surface area (Å²) in [6.45, 7) is 5.23. The van der Waals surface area contributed by atoms with Crippen molar-refractivity contribution in [1.82, 2.24) is 28.7 Å². The molecule has 3 heterocycles. The maximum atomic E-state index is 12.5. The number of nitrogens with zero attached hydrogens (tertiary/aromatic N) is 5. The number of carbonyl (C=O) groups excluding carboxylic acids is 1. The molecular formula is C14H24N6O3S. The zero-order chi connectivity index (χ0) is 17.7. The number of hydrogen-bond acceptors (Lipinski definition) is 5. The normalized spacial score (nSPS) is 28.4. The van der Waals surface area contributed by atoms with E-state index in [0.29, 0.717) is 38.4 Å². The molecular weight excluding hydrogens is 332 g/mol. The molecule has 0 spiro atoms. The van der Waals surface area contributed by atoms with Gasteiger partial charge in [-0.1, -0.05) is 0 Å². The first-order valence-corrected chi connectivity index (χ1v) is 9.39. The first kappa shape index (κ1) is 17.3. The lowest BCUT2D eigenvalue weighted by molar-refractivity contribution is -0.128. The molecule has 0 unspecified atom stereocenters. The standard InChI is InChI=1S/C14H24N6O3S/c1-10-15-13(17-16-10)14-5-6-20(24(22,23)18(3)4)8-12(14)7-19(9-14)11(2)21/h12H,5-9H2,1-4H3,(H,15,16,17)/t12-,14+/m0/s1. The third-order valence-electron chi connectivity index (χ3n) is 5.20. The number of hydrogen-bond donors (Lipinski definition) is 1. The van der Waals surface area contributed by atoms with Crippen molar-refractivity contribution in [1.29, 1.82) is 0 Å². The summed E-state index contributed by atoms with van der Waals surface area (Å²) < 4.78 is 27.7. The van der Waals surface area contributed by atoms with E-state index >= 15 is 0 Å². The molecule has 3 rings (SSSR count). The smallest absolute Gasteiger partial charge is 0.281 e. The second-order valence-corrected chi connectivity index (χ2v) is 9.04. The van der Waals surface area contributed by atoms with E-state index in [1.165, 1.54) is 22.7 Å². The average molecular weight is 356 g/mol. The Labute approximate surface area is 142 Å². The van der Waals surface area contributed by atoms with Crippen molar-refractivity contribution in [3.8, 4) is 0 Å². The van der Waals surface area contributed by atoms with Crippen molar-refractivity contribution >= 4 is 16.1 Å². The van der Waals surface area contributed by atoms with E-state index in [-0.39, 0.29) is 17.2 Å². The molecule has 1 amide bonds. The summed E-state index contributed by atoms with van der Waals surface area (Å²) in [4.78, 5) is 18.2. The van der Waals surface area contributed by atoms with Crippen LogP contribution in [0, 0.1) is 12.8 Å². The SMILES string of the molecule is CC(=O)N1C[C@H]2CN(S(=O)(=O)N(C)C)CC[C@@]2(c2n[nH]c(C)n2)C1. The van der Waals surface area contributed by atoms with Crippen LogP contribution in [0.2, 0.25) is 0 Å². The van der Waals surface area contributed by atoms with Crippen LogP contribution in [-0.2, 0) is 20.4 Å². The highest BCUT2D eigenvalue weighted by Crippen LogP contribution is 2.44. The van der Waals surface area contributed by atoms with E-state index in [0.717, 1.165) is 5.82 Å². The van der Waals surface area contributed by atoms with E-state index in [1.54, 1.807) is 11.8 Å². The quantitative estimate of drug-likeness (QED) is 0.775. The molecule has 24 heavy (non-hydrogen) atoms. The molecule has 2 atom stereocenters. The van der Waals surface area contributed by atoms with Crippen molar-refractivity contribution in [3.63, 3.8) is 0 Å². The fourth-order valence-corrected chi connectivity index (χ4v) is 4.92. The second kappa shape index (κ2) is 5.78. The molecule has 9 nitrogen and oxygen atoms in total. The van der Waals surface area contributed by atoms with E-state index < -0.39 is 10.2 Å². The zero-order valence-corrected chi connectivity index (χ0v) is 15.3. The fraction of sp³-hybridized carbons (Fsp3) is 0.786. The van der Waals surface area contributed by atoms with Gasteiger partial charge in [0.05, 0.1) is 5.41 Å². The van der Waals surface area contributed by atoms with Crippen LogP contribution in [0.3, 0.4) is 0 Å². The Kier molecular flexibility index (Phi) is 4.17. The Morgan fingerprint density at radius 3 is 2.62 bits per heavy atom. The van der Waals surface area contributed by atoms with Gasteiger partial charge in [-0.15, -0.1) is 0 Å². The number of nitrogens with one attached hydrogen (secondary N) is 1. The highest BCUT2D eigenvalue weighted by molar-refractivity contribution is 7.86. The predicted octanol–water partition coefficient (Wildman–Crippen LogP) is -0.659. The molecule has 2 aliphatic heterocycles. The van der Waals surface area contributed by atoms with Crippen molar-refractivity contribution in [2.45, 2.75) is 25.7 Å². The van der Waals surface area contributed by atoms with Crippen molar-refractivity contribution in [3.05, 3.63) is 11.6 Å². The fourth-order valence-electron chi connectivity index (χ4n) is 3.76. The van der Waals surface area contributed by atoms with Crippen LogP contribution in [-0.4, -0.2) is 83.3 Å². The Bertz CT molecular complexity index is 745. The highest BCUT2D eigenvalue weighted by Gasteiger charge is 2.55. The van der Waals surface area contributed by atoms with Crippen LogP contribution in [0.1, 0.15) is 25.0 Å². The Hall–Kier alpha value is -1.52. The number of likely N-dealkylation sites (tertiary alicyclic amines) is 1. The Morgan fingerprint density at radius 2 is 2.08 bits per heavy atom. The Morgan fingerprint density at radius 1 is 1.38 bits per heavy atom. The second-order valence-electron chi connectivity index (χ2n) is 6.90. The summed E-state index contributed by atoms with van der Waals surface area (Å²) in [6.07, 6.45) is 0.603. The van der Waals surface area contributed by atoms with Gasteiger partial charge in [-0.25, -0.2) is 4.98 Å². The summed E-state index contributed by atoms with van der Waals surface area (Å²) in [5.74, 6) is 1.40. The maximum Gasteiger partial charge on any atom is 0.281 e. The van der Waals surface area contributed by atoms with Crippen LogP contribution in [0.5, 0.6) is 0 Å². The largest absolute Gasteiger partial charge is 0.342 e. The van der Waals surface area contributed by atoms with E-state index in [4.69, 9.17) is 0 Å². The molecule has 1 aromatic heterocycles. The van der Waals surface area contributed by atoms with Gasteiger partial charge in [0.2, 0.25) is 5.91 Å². The lowest BCUT2D eigenvalue weighted by atomic mass is 9.72. The van der Waals surface area contributed by atoms with Gasteiger partial charge in [0, 0.05) is 53.1 Å². The van der Waals surface area contributed by atoms with Gasteiger partial charge >= 0.3 is 0 Å². The molecule has 134 valence electrons. The van der Waals surface area contributed by atoms with Crippen molar-refractivity contribution in [2.75, 3.05) is 40.3 Å². The van der Waals surface area contributed by atoms with Crippen LogP contribution in [0.25, 0.3) is 0 Å². The van der Waals surface area contributed by atoms with Gasteiger partial charge < -0.3 is 4.90 Å². The van der Waals surface area contributed by atoms with Crippen molar-refractivity contribution in [2.24, 2.45) is 5.92 Å². The predicted molar refractivity (Wildman–Crippen MR) is 87.3 cm³/mol. The number of rotatable bonds is 3. The number of H-pyrrole nitrogens is 1. The number of aromatic amines is 1. The minimum Gasteiger partial charge on any atom is -0.342 e. The van der Waals surface area contributed by atoms with E-state index in [1.807, 2.05) is 6.92 Å². The lowest BCUT2D eigenvalue weighted by Crippen LogP contribution is -2.53. The number of fused-ring (bicyclic) bond motifs is 1. The molecule has 1 aromatic rings. The first-order chi connectivity index (χ1) is 11.2. The first-order valence-electron chi connectivity index (χ1n) is 7.99. The number of aryl methyl sites for hydroxylation is 1. The summed E-state index contributed by atoms with van der Waals surface area (Å²) in [5, 5.41) is 7.21. The highest BCUT2D eigenvalue weighted by atomic mass is 32.2. The average Bonchev–Trinajstić information content (AvgIpc) is 3.10. The molecule has 2 fully saturated rings. The topological polar surface area (TPSA) is 103 Å². The monoisotopic (exact) mass is 356 g/mol. The molecule has 10 heteroatoms. The molecule has 2 aliphatic rings. The van der Waals surface area contributed by atoms with E-state index in [9.17, 15) is 13.2 Å². The molecule has 0 radical (unpaired) electrons. The third-order valence-corrected chi connectivity index (χ3v) is 7.11. The van der Waals surface area contributed by atoms with Gasteiger partial charge in [-0.2, -0.15) is 22.1 Å². The van der Waals surface area contributed by atoms with E-state index in [2.05, 4.69) is 15.2 Å². The third kappa shape index (κ3) is 2.62. The zero-order valence-electron chi connectivity index (χ0n) is 14.5. The maximum absolute atomic E-state index is 12.5. The summed E-state index contributed by atoms with van der Waals surface area (Å²) >= 11 is 0. The van der Waals surface area contributed by atoms with Gasteiger partial charge in [0.15, 0.2) is 5.82 Å². The molecule has 1 N–H and O–H groups in total. The van der Waals surface area contributed by atoms with Crippen molar-refractivity contribution < 1.29 is 13.2 Å². The molecule has 0 aliphatic carbocycles. The summed E-state index contributed by atoms with van der Waals surface area (Å²) in [5.41, 5.74) is -0.380. The van der Waals surface area contributed by atoms with Crippen LogP contribution in [0.4, 0.5) is 0 Å². The van der Waals surface area contributed by atoms with Gasteiger partial charge in [0.1, 0.15) is 5.82 Å². The molecule has 0 bridgehead atoms. The Balaban J connectivity index is 1.95. The van der Waals surface area contributed by atoms with Gasteiger partial charge in [0.25, 0.3) is 10.2 Å². The van der Waals surface area contributed by atoms with Crippen LogP contribution in [0.15, 0.2) is 0 Å². The van der Waals surface area contributed by atoms with Gasteiger partial charge in [-0.3, -0.25) is 9.89 Å². The van der Waals surface area contributed by atoms with Gasteiger partial charge in [-0.05, 0) is 13.3 Å². The molecule has 0 aromatic carbocycles. The summed E-state index contributed by atoms with van der Waals surface area (Å²) in [6, 6.07) is 0. The molecule has 0 saturated carbocycles.